The first kappa shape index (κ1) is 11.1. The molecule has 1 rings (SSSR count). The average Bonchev–Trinajstić information content (AvgIpc) is 2.15. The van der Waals surface area contributed by atoms with Gasteiger partial charge in [0, 0.05) is 0 Å². The molecule has 0 spiro atoms. The minimum absolute atomic E-state index is 0.00474. The van der Waals surface area contributed by atoms with Gasteiger partial charge in [0.2, 0.25) is 0 Å². The van der Waals surface area contributed by atoms with Crippen LogP contribution >= 0.6 is 23.2 Å². The van der Waals surface area contributed by atoms with E-state index in [-0.39, 0.29) is 28.0 Å². The molecule has 0 aromatic heterocycles. The van der Waals surface area contributed by atoms with Crippen LogP contribution in [0.5, 0.6) is 5.75 Å². The molecule has 14 heavy (non-hydrogen) atoms. The number of esters is 1. The van der Waals surface area contributed by atoms with Gasteiger partial charge < -0.3 is 9.84 Å². The number of hydrogen-bond donors (Lipinski definition) is 1. The van der Waals surface area contributed by atoms with Crippen LogP contribution in [-0.4, -0.2) is 17.7 Å². The summed E-state index contributed by atoms with van der Waals surface area (Å²) >= 11 is 11.4. The van der Waals surface area contributed by atoms with Crippen LogP contribution in [0.3, 0.4) is 0 Å². The van der Waals surface area contributed by atoms with Gasteiger partial charge in [0.05, 0.1) is 17.2 Å². The van der Waals surface area contributed by atoms with Crippen molar-refractivity contribution in [1.82, 2.24) is 0 Å². The number of phenolic OH excluding ortho intramolecular Hbond substituents is 1. The summed E-state index contributed by atoms with van der Waals surface area (Å²) < 4.78 is 4.74. The lowest BCUT2D eigenvalue weighted by Gasteiger charge is -2.06. The van der Waals surface area contributed by atoms with Gasteiger partial charge in [0.25, 0.3) is 0 Å². The second-order valence-electron chi connectivity index (χ2n) is 2.48. The van der Waals surface area contributed by atoms with Gasteiger partial charge in [-0.1, -0.05) is 23.2 Å². The van der Waals surface area contributed by atoms with Crippen molar-refractivity contribution in [2.75, 3.05) is 6.61 Å². The maximum atomic E-state index is 11.3. The third-order valence-electron chi connectivity index (χ3n) is 1.56. The molecule has 3 nitrogen and oxygen atoms in total. The SMILES string of the molecule is CCOC(=O)c1ccc(O)c(Cl)c1Cl. The number of hydrogen-bond acceptors (Lipinski definition) is 3. The Morgan fingerprint density at radius 3 is 2.64 bits per heavy atom. The first-order valence-corrected chi connectivity index (χ1v) is 4.67. The van der Waals surface area contributed by atoms with Crippen molar-refractivity contribution in [1.29, 1.82) is 0 Å². The Balaban J connectivity index is 3.11. The number of carbonyl (C=O) groups excluding carboxylic acids is 1. The molecule has 76 valence electrons. The number of carbonyl (C=O) groups is 1. The van der Waals surface area contributed by atoms with Crippen LogP contribution in [0.25, 0.3) is 0 Å². The van der Waals surface area contributed by atoms with E-state index >= 15 is 0 Å². The standard InChI is InChI=1S/C9H8Cl2O3/c1-2-14-9(13)5-3-4-6(12)8(11)7(5)10/h3-4,12H,2H2,1H3. The molecule has 0 saturated heterocycles. The molecule has 0 radical (unpaired) electrons. The lowest BCUT2D eigenvalue weighted by atomic mass is 10.2. The molecule has 0 saturated carbocycles. The van der Waals surface area contributed by atoms with Crippen LogP contribution in [-0.2, 0) is 4.74 Å². The summed E-state index contributed by atoms with van der Waals surface area (Å²) in [5, 5.41) is 9.13. The van der Waals surface area contributed by atoms with E-state index in [1.807, 2.05) is 0 Å². The average molecular weight is 235 g/mol. The summed E-state index contributed by atoms with van der Waals surface area (Å²) in [6.07, 6.45) is 0. The smallest absolute Gasteiger partial charge is 0.339 e. The predicted molar refractivity (Wildman–Crippen MR) is 54.1 cm³/mol. The molecule has 1 aromatic carbocycles. The van der Waals surface area contributed by atoms with Crippen molar-refractivity contribution >= 4 is 29.2 Å². The molecule has 0 heterocycles. The number of halogens is 2. The van der Waals surface area contributed by atoms with E-state index < -0.39 is 5.97 Å². The van der Waals surface area contributed by atoms with Crippen molar-refractivity contribution in [2.45, 2.75) is 6.92 Å². The summed E-state index contributed by atoms with van der Waals surface area (Å²) in [5.74, 6) is -0.718. The number of rotatable bonds is 2. The van der Waals surface area contributed by atoms with E-state index in [2.05, 4.69) is 0 Å². The number of ether oxygens (including phenoxy) is 1. The molecule has 0 atom stereocenters. The van der Waals surface area contributed by atoms with Gasteiger partial charge in [-0.2, -0.15) is 0 Å². The second-order valence-corrected chi connectivity index (χ2v) is 3.24. The van der Waals surface area contributed by atoms with Gasteiger partial charge in [-0.25, -0.2) is 4.79 Å². The van der Waals surface area contributed by atoms with Crippen molar-refractivity contribution in [3.05, 3.63) is 27.7 Å². The Hall–Kier alpha value is -0.930. The van der Waals surface area contributed by atoms with Crippen LogP contribution in [0, 0.1) is 0 Å². The van der Waals surface area contributed by atoms with Crippen LogP contribution in [0.4, 0.5) is 0 Å². The fourth-order valence-electron chi connectivity index (χ4n) is 0.906. The zero-order valence-corrected chi connectivity index (χ0v) is 8.89. The quantitative estimate of drug-likeness (QED) is 0.801. The molecule has 0 unspecified atom stereocenters. The van der Waals surface area contributed by atoms with E-state index in [0.29, 0.717) is 0 Å². The van der Waals surface area contributed by atoms with Crippen molar-refractivity contribution in [3.63, 3.8) is 0 Å². The number of benzene rings is 1. The Bertz CT molecular complexity index is 363. The second kappa shape index (κ2) is 4.53. The van der Waals surface area contributed by atoms with Crippen molar-refractivity contribution in [3.8, 4) is 5.75 Å². The Morgan fingerprint density at radius 1 is 1.43 bits per heavy atom. The van der Waals surface area contributed by atoms with Gasteiger partial charge >= 0.3 is 5.97 Å². The number of phenols is 1. The third kappa shape index (κ3) is 2.11. The highest BCUT2D eigenvalue weighted by molar-refractivity contribution is 6.44. The lowest BCUT2D eigenvalue weighted by molar-refractivity contribution is 0.0526. The van der Waals surface area contributed by atoms with Gasteiger partial charge in [-0.3, -0.25) is 0 Å². The van der Waals surface area contributed by atoms with Crippen molar-refractivity contribution in [2.24, 2.45) is 0 Å². The summed E-state index contributed by atoms with van der Waals surface area (Å²) in [6.45, 7) is 1.95. The molecule has 0 aliphatic heterocycles. The monoisotopic (exact) mass is 234 g/mol. The third-order valence-corrected chi connectivity index (χ3v) is 2.43. The minimum atomic E-state index is -0.556. The fourth-order valence-corrected chi connectivity index (χ4v) is 1.31. The highest BCUT2D eigenvalue weighted by Crippen LogP contribution is 2.33. The zero-order chi connectivity index (χ0) is 10.7. The van der Waals surface area contributed by atoms with Crippen LogP contribution < -0.4 is 0 Å². The van der Waals surface area contributed by atoms with Gasteiger partial charge in [-0.15, -0.1) is 0 Å². The van der Waals surface area contributed by atoms with Crippen LogP contribution in [0.1, 0.15) is 17.3 Å². The molecule has 1 N–H and O–H groups in total. The molecule has 0 bridgehead atoms. The van der Waals surface area contributed by atoms with E-state index in [1.165, 1.54) is 12.1 Å². The highest BCUT2D eigenvalue weighted by atomic mass is 35.5. The molecule has 5 heteroatoms. The van der Waals surface area contributed by atoms with E-state index in [0.717, 1.165) is 0 Å². The van der Waals surface area contributed by atoms with Crippen LogP contribution in [0.2, 0.25) is 10.0 Å². The molecule has 0 aliphatic carbocycles. The van der Waals surface area contributed by atoms with E-state index in [4.69, 9.17) is 33.0 Å². The summed E-state index contributed by atoms with van der Waals surface area (Å²) in [6, 6.07) is 2.65. The molecule has 0 aliphatic rings. The summed E-state index contributed by atoms with van der Waals surface area (Å²) in [4.78, 5) is 11.3. The number of aromatic hydroxyl groups is 1. The molecular formula is C9H8Cl2O3. The molecular weight excluding hydrogens is 227 g/mol. The first-order chi connectivity index (χ1) is 6.57. The zero-order valence-electron chi connectivity index (χ0n) is 7.38. The van der Waals surface area contributed by atoms with Crippen LogP contribution in [0.15, 0.2) is 12.1 Å². The topological polar surface area (TPSA) is 46.5 Å². The molecule has 0 fully saturated rings. The Morgan fingerprint density at radius 2 is 2.07 bits per heavy atom. The molecule has 1 aromatic rings. The Kier molecular flexibility index (Phi) is 3.61. The van der Waals surface area contributed by atoms with Gasteiger partial charge in [-0.05, 0) is 19.1 Å². The maximum Gasteiger partial charge on any atom is 0.339 e. The lowest BCUT2D eigenvalue weighted by Crippen LogP contribution is -2.05. The Labute approximate surface area is 91.2 Å². The highest BCUT2D eigenvalue weighted by Gasteiger charge is 2.15. The largest absolute Gasteiger partial charge is 0.506 e. The van der Waals surface area contributed by atoms with Gasteiger partial charge in [0.15, 0.2) is 0 Å². The van der Waals surface area contributed by atoms with Crippen molar-refractivity contribution < 1.29 is 14.6 Å². The minimum Gasteiger partial charge on any atom is -0.506 e. The summed E-state index contributed by atoms with van der Waals surface area (Å²) in [7, 11) is 0. The normalized spacial score (nSPS) is 9.93. The maximum absolute atomic E-state index is 11.3. The summed E-state index contributed by atoms with van der Waals surface area (Å²) in [5.41, 5.74) is 0.149. The molecule has 0 amide bonds. The first-order valence-electron chi connectivity index (χ1n) is 3.92. The van der Waals surface area contributed by atoms with E-state index in [9.17, 15) is 4.79 Å². The van der Waals surface area contributed by atoms with E-state index in [1.54, 1.807) is 6.92 Å². The predicted octanol–water partition coefficient (Wildman–Crippen LogP) is 2.88. The fraction of sp³-hybridized carbons (Fsp3) is 0.222. The van der Waals surface area contributed by atoms with Gasteiger partial charge in [0.1, 0.15) is 10.8 Å².